The van der Waals surface area contributed by atoms with Crippen molar-refractivity contribution in [2.75, 3.05) is 37.4 Å². The molecule has 0 aliphatic carbocycles. The van der Waals surface area contributed by atoms with Crippen LogP contribution in [-0.2, 0) is 9.47 Å². The second-order valence-electron chi connectivity index (χ2n) is 3.69. The Labute approximate surface area is 99.7 Å². The van der Waals surface area contributed by atoms with E-state index in [1.54, 1.807) is 6.07 Å². The Hall–Kier alpha value is -0.970. The predicted molar refractivity (Wildman–Crippen MR) is 64.9 cm³/mol. The highest BCUT2D eigenvalue weighted by Crippen LogP contribution is 2.24. The van der Waals surface area contributed by atoms with Crippen molar-refractivity contribution in [3.8, 4) is 0 Å². The van der Waals surface area contributed by atoms with Gasteiger partial charge in [-0.15, -0.1) is 0 Å². The number of rotatable bonds is 3. The molecule has 0 radical (unpaired) electrons. The molecule has 1 aromatic rings. The lowest BCUT2D eigenvalue weighted by molar-refractivity contribution is -0.0818. The maximum Gasteiger partial charge on any atom is 0.0981 e. The van der Waals surface area contributed by atoms with E-state index in [9.17, 15) is 0 Å². The van der Waals surface area contributed by atoms with Gasteiger partial charge in [-0.1, -0.05) is 11.6 Å². The first kappa shape index (κ1) is 11.5. The average Bonchev–Trinajstić information content (AvgIpc) is 2.29. The minimum Gasteiger partial charge on any atom is -0.399 e. The molecule has 4 nitrogen and oxygen atoms in total. The Balaban J connectivity index is 1.88. The Morgan fingerprint density at radius 2 is 2.31 bits per heavy atom. The maximum absolute atomic E-state index is 6.03. The fourth-order valence-electron chi connectivity index (χ4n) is 1.55. The molecule has 1 aliphatic heterocycles. The number of anilines is 2. The Kier molecular flexibility index (Phi) is 3.88. The number of benzene rings is 1. The minimum atomic E-state index is 0.0855. The van der Waals surface area contributed by atoms with E-state index in [-0.39, 0.29) is 6.10 Å². The van der Waals surface area contributed by atoms with Crippen molar-refractivity contribution in [3.63, 3.8) is 0 Å². The number of nitrogen functional groups attached to an aromatic ring is 1. The van der Waals surface area contributed by atoms with E-state index in [2.05, 4.69) is 5.32 Å². The second kappa shape index (κ2) is 5.39. The van der Waals surface area contributed by atoms with Gasteiger partial charge in [0.1, 0.15) is 0 Å². The van der Waals surface area contributed by atoms with Gasteiger partial charge in [0.2, 0.25) is 0 Å². The summed E-state index contributed by atoms with van der Waals surface area (Å²) in [6.07, 6.45) is 0.0855. The molecule has 1 saturated heterocycles. The van der Waals surface area contributed by atoms with Crippen LogP contribution in [0.5, 0.6) is 0 Å². The van der Waals surface area contributed by atoms with Gasteiger partial charge in [0.15, 0.2) is 0 Å². The van der Waals surface area contributed by atoms with Crippen molar-refractivity contribution < 1.29 is 9.47 Å². The molecule has 5 heteroatoms. The molecular formula is C11H15ClN2O2. The van der Waals surface area contributed by atoms with Crippen molar-refractivity contribution in [1.29, 1.82) is 0 Å². The monoisotopic (exact) mass is 242 g/mol. The van der Waals surface area contributed by atoms with Crippen molar-refractivity contribution in [3.05, 3.63) is 23.2 Å². The zero-order valence-corrected chi connectivity index (χ0v) is 9.67. The van der Waals surface area contributed by atoms with Crippen LogP contribution < -0.4 is 11.1 Å². The van der Waals surface area contributed by atoms with E-state index in [1.807, 2.05) is 12.1 Å². The fourth-order valence-corrected chi connectivity index (χ4v) is 1.81. The van der Waals surface area contributed by atoms with Crippen LogP contribution in [0.4, 0.5) is 11.4 Å². The van der Waals surface area contributed by atoms with Gasteiger partial charge >= 0.3 is 0 Å². The largest absolute Gasteiger partial charge is 0.399 e. The number of nitrogens with one attached hydrogen (secondary N) is 1. The minimum absolute atomic E-state index is 0.0855. The summed E-state index contributed by atoms with van der Waals surface area (Å²) in [6.45, 7) is 2.64. The summed E-state index contributed by atoms with van der Waals surface area (Å²) in [6, 6.07) is 5.40. The van der Waals surface area contributed by atoms with E-state index in [0.717, 1.165) is 5.69 Å². The van der Waals surface area contributed by atoms with E-state index in [1.165, 1.54) is 0 Å². The molecule has 1 heterocycles. The first-order valence-corrected chi connectivity index (χ1v) is 5.62. The first-order valence-electron chi connectivity index (χ1n) is 5.24. The Morgan fingerprint density at radius 1 is 1.44 bits per heavy atom. The second-order valence-corrected chi connectivity index (χ2v) is 4.10. The lowest BCUT2D eigenvalue weighted by Crippen LogP contribution is -2.34. The average molecular weight is 243 g/mol. The van der Waals surface area contributed by atoms with Crippen LogP contribution in [0.15, 0.2) is 18.2 Å². The van der Waals surface area contributed by atoms with Gasteiger partial charge in [0.05, 0.1) is 36.6 Å². The molecule has 3 N–H and O–H groups in total. The summed E-state index contributed by atoms with van der Waals surface area (Å²) in [4.78, 5) is 0. The molecule has 88 valence electrons. The topological polar surface area (TPSA) is 56.5 Å². The molecule has 1 unspecified atom stereocenters. The fraction of sp³-hybridized carbons (Fsp3) is 0.455. The molecular weight excluding hydrogens is 228 g/mol. The zero-order valence-electron chi connectivity index (χ0n) is 8.91. The molecule has 16 heavy (non-hydrogen) atoms. The number of halogens is 1. The molecule has 1 fully saturated rings. The zero-order chi connectivity index (χ0) is 11.4. The molecule has 0 spiro atoms. The lowest BCUT2D eigenvalue weighted by Gasteiger charge is -2.23. The van der Waals surface area contributed by atoms with Crippen LogP contribution in [-0.4, -0.2) is 32.5 Å². The third kappa shape index (κ3) is 3.01. The number of nitrogens with two attached hydrogens (primary N) is 1. The molecule has 2 rings (SSSR count). The summed E-state index contributed by atoms with van der Waals surface area (Å²) in [7, 11) is 0. The van der Waals surface area contributed by atoms with Crippen molar-refractivity contribution in [1.82, 2.24) is 0 Å². The molecule has 0 saturated carbocycles. The van der Waals surface area contributed by atoms with Crippen LogP contribution >= 0.6 is 11.6 Å². The molecule has 1 aliphatic rings. The Morgan fingerprint density at radius 3 is 3.00 bits per heavy atom. The van der Waals surface area contributed by atoms with Crippen molar-refractivity contribution >= 4 is 23.0 Å². The summed E-state index contributed by atoms with van der Waals surface area (Å²) in [5.41, 5.74) is 7.14. The molecule has 0 bridgehead atoms. The summed E-state index contributed by atoms with van der Waals surface area (Å²) >= 11 is 6.03. The van der Waals surface area contributed by atoms with Crippen LogP contribution in [0, 0.1) is 0 Å². The SMILES string of the molecule is Nc1ccc(NCC2COCCO2)c(Cl)c1. The lowest BCUT2D eigenvalue weighted by atomic mass is 10.2. The van der Waals surface area contributed by atoms with E-state index in [0.29, 0.717) is 37.1 Å². The van der Waals surface area contributed by atoms with Crippen molar-refractivity contribution in [2.24, 2.45) is 0 Å². The van der Waals surface area contributed by atoms with Gasteiger partial charge in [-0.3, -0.25) is 0 Å². The Bertz CT molecular complexity index is 354. The summed E-state index contributed by atoms with van der Waals surface area (Å²) in [5, 5.41) is 3.84. The number of ether oxygens (including phenoxy) is 2. The predicted octanol–water partition coefficient (Wildman–Crippen LogP) is 1.75. The summed E-state index contributed by atoms with van der Waals surface area (Å²) in [5.74, 6) is 0. The quantitative estimate of drug-likeness (QED) is 0.793. The van der Waals surface area contributed by atoms with E-state index < -0.39 is 0 Å². The number of hydrogen-bond acceptors (Lipinski definition) is 4. The molecule has 1 aromatic carbocycles. The molecule has 0 aromatic heterocycles. The highest BCUT2D eigenvalue weighted by Gasteiger charge is 2.14. The highest BCUT2D eigenvalue weighted by molar-refractivity contribution is 6.33. The van der Waals surface area contributed by atoms with Gasteiger partial charge in [-0.05, 0) is 18.2 Å². The van der Waals surface area contributed by atoms with Crippen LogP contribution in [0.2, 0.25) is 5.02 Å². The third-order valence-corrected chi connectivity index (χ3v) is 2.71. The normalized spacial score (nSPS) is 20.7. The smallest absolute Gasteiger partial charge is 0.0981 e. The third-order valence-electron chi connectivity index (χ3n) is 2.40. The van der Waals surface area contributed by atoms with Crippen molar-refractivity contribution in [2.45, 2.75) is 6.10 Å². The molecule has 0 amide bonds. The van der Waals surface area contributed by atoms with Crippen LogP contribution in [0.25, 0.3) is 0 Å². The van der Waals surface area contributed by atoms with Gasteiger partial charge in [-0.2, -0.15) is 0 Å². The van der Waals surface area contributed by atoms with Gasteiger partial charge < -0.3 is 20.5 Å². The summed E-state index contributed by atoms with van der Waals surface area (Å²) < 4.78 is 10.8. The van der Waals surface area contributed by atoms with Crippen LogP contribution in [0.3, 0.4) is 0 Å². The van der Waals surface area contributed by atoms with Gasteiger partial charge in [-0.25, -0.2) is 0 Å². The van der Waals surface area contributed by atoms with Gasteiger partial charge in [0.25, 0.3) is 0 Å². The van der Waals surface area contributed by atoms with Crippen LogP contribution in [0.1, 0.15) is 0 Å². The first-order chi connectivity index (χ1) is 7.75. The highest BCUT2D eigenvalue weighted by atomic mass is 35.5. The van der Waals surface area contributed by atoms with E-state index >= 15 is 0 Å². The van der Waals surface area contributed by atoms with Gasteiger partial charge in [0, 0.05) is 12.2 Å². The maximum atomic E-state index is 6.03. The molecule has 1 atom stereocenters. The van der Waals surface area contributed by atoms with E-state index in [4.69, 9.17) is 26.8 Å². The number of hydrogen-bond donors (Lipinski definition) is 2. The standard InChI is InChI=1S/C11H15ClN2O2/c12-10-5-8(13)1-2-11(10)14-6-9-7-15-3-4-16-9/h1-2,5,9,14H,3-4,6-7,13H2.